The second-order valence-electron chi connectivity index (χ2n) is 6.13. The Bertz CT molecular complexity index is 949. The lowest BCUT2D eigenvalue weighted by Gasteiger charge is -2.23. The lowest BCUT2D eigenvalue weighted by Crippen LogP contribution is -2.20. The molecule has 3 rings (SSSR count). The van der Waals surface area contributed by atoms with Crippen molar-refractivity contribution in [2.75, 3.05) is 18.5 Å². The van der Waals surface area contributed by atoms with Crippen LogP contribution in [0.1, 0.15) is 28.4 Å². The van der Waals surface area contributed by atoms with Gasteiger partial charge in [0.2, 0.25) is 0 Å². The van der Waals surface area contributed by atoms with E-state index >= 15 is 0 Å². The van der Waals surface area contributed by atoms with E-state index < -0.39 is 5.97 Å². The summed E-state index contributed by atoms with van der Waals surface area (Å²) < 4.78 is 1.87. The number of nitrogens with zero attached hydrogens (tertiary/aromatic N) is 3. The molecule has 0 fully saturated rings. The van der Waals surface area contributed by atoms with Crippen molar-refractivity contribution in [1.82, 2.24) is 9.78 Å². The summed E-state index contributed by atoms with van der Waals surface area (Å²) >= 11 is 6.27. The average Bonchev–Trinajstić information content (AvgIpc) is 2.96. The molecule has 0 aliphatic rings. The maximum absolute atomic E-state index is 11.1. The SMILES string of the molecule is CCN(C)c1c(C)cc(Cl)cc1Cn1ncc2cc(C(=O)O)ccc21. The topological polar surface area (TPSA) is 58.4 Å². The normalized spacial score (nSPS) is 11.0. The fourth-order valence-corrected chi connectivity index (χ4v) is 3.43. The van der Waals surface area contributed by atoms with Crippen molar-refractivity contribution in [3.63, 3.8) is 0 Å². The van der Waals surface area contributed by atoms with Crippen LogP contribution in [0.3, 0.4) is 0 Å². The zero-order valence-corrected chi connectivity index (χ0v) is 15.2. The molecule has 2 aromatic carbocycles. The minimum absolute atomic E-state index is 0.261. The molecule has 0 radical (unpaired) electrons. The maximum atomic E-state index is 11.1. The van der Waals surface area contributed by atoms with Crippen LogP contribution in [0.5, 0.6) is 0 Å². The van der Waals surface area contributed by atoms with Gasteiger partial charge in [-0.1, -0.05) is 11.6 Å². The number of halogens is 1. The fraction of sp³-hybridized carbons (Fsp3) is 0.263. The molecule has 0 unspecified atom stereocenters. The number of benzene rings is 2. The first kappa shape index (κ1) is 17.3. The van der Waals surface area contributed by atoms with E-state index in [0.717, 1.165) is 34.3 Å². The number of aryl methyl sites for hydroxylation is 1. The fourth-order valence-electron chi connectivity index (χ4n) is 3.14. The highest BCUT2D eigenvalue weighted by Crippen LogP contribution is 2.29. The highest BCUT2D eigenvalue weighted by atomic mass is 35.5. The van der Waals surface area contributed by atoms with Crippen LogP contribution in [0.4, 0.5) is 5.69 Å². The zero-order chi connectivity index (χ0) is 18.1. The number of aromatic nitrogens is 2. The maximum Gasteiger partial charge on any atom is 0.335 e. The summed E-state index contributed by atoms with van der Waals surface area (Å²) in [4.78, 5) is 13.3. The van der Waals surface area contributed by atoms with Gasteiger partial charge in [-0.2, -0.15) is 5.10 Å². The lowest BCUT2D eigenvalue weighted by molar-refractivity contribution is 0.0697. The predicted molar refractivity (Wildman–Crippen MR) is 101 cm³/mol. The van der Waals surface area contributed by atoms with Crippen molar-refractivity contribution in [2.45, 2.75) is 20.4 Å². The number of anilines is 1. The minimum atomic E-state index is -0.938. The third-order valence-corrected chi connectivity index (χ3v) is 4.63. The molecule has 1 heterocycles. The molecule has 0 aliphatic heterocycles. The van der Waals surface area contributed by atoms with E-state index in [9.17, 15) is 4.79 Å². The van der Waals surface area contributed by atoms with Gasteiger partial charge in [-0.15, -0.1) is 0 Å². The molecule has 5 nitrogen and oxygen atoms in total. The molecule has 0 saturated heterocycles. The van der Waals surface area contributed by atoms with E-state index in [4.69, 9.17) is 16.7 Å². The highest BCUT2D eigenvalue weighted by molar-refractivity contribution is 6.30. The number of carboxylic acid groups (broad SMARTS) is 1. The number of hydrogen-bond acceptors (Lipinski definition) is 3. The third kappa shape index (κ3) is 3.33. The van der Waals surface area contributed by atoms with Crippen molar-refractivity contribution >= 4 is 34.2 Å². The van der Waals surface area contributed by atoms with E-state index in [1.165, 1.54) is 0 Å². The van der Waals surface area contributed by atoms with Crippen molar-refractivity contribution in [1.29, 1.82) is 0 Å². The molecule has 0 bridgehead atoms. The number of fused-ring (bicyclic) bond motifs is 1. The number of carbonyl (C=O) groups is 1. The van der Waals surface area contributed by atoms with E-state index in [0.29, 0.717) is 11.6 Å². The van der Waals surface area contributed by atoms with Gasteiger partial charge in [-0.3, -0.25) is 4.68 Å². The van der Waals surface area contributed by atoms with E-state index in [-0.39, 0.29) is 5.56 Å². The van der Waals surface area contributed by atoms with Crippen molar-refractivity contribution in [3.8, 4) is 0 Å². The Labute approximate surface area is 151 Å². The molecule has 6 heteroatoms. The molecular weight excluding hydrogens is 338 g/mol. The Kier molecular flexibility index (Phi) is 4.68. The minimum Gasteiger partial charge on any atom is -0.478 e. The molecule has 0 amide bonds. The van der Waals surface area contributed by atoms with Crippen LogP contribution in [-0.2, 0) is 6.54 Å². The zero-order valence-electron chi connectivity index (χ0n) is 14.5. The summed E-state index contributed by atoms with van der Waals surface area (Å²) in [6, 6.07) is 8.98. The standard InChI is InChI=1S/C19H20ClN3O2/c1-4-22(3)18-12(2)7-16(20)9-15(18)11-23-17-6-5-13(19(24)25)8-14(17)10-21-23/h5-10H,4,11H2,1-3H3,(H,24,25). The number of rotatable bonds is 5. The second kappa shape index (κ2) is 6.76. The van der Waals surface area contributed by atoms with Crippen molar-refractivity contribution in [2.24, 2.45) is 0 Å². The Balaban J connectivity index is 2.06. The Morgan fingerprint density at radius 3 is 2.76 bits per heavy atom. The largest absolute Gasteiger partial charge is 0.478 e. The van der Waals surface area contributed by atoms with Crippen LogP contribution >= 0.6 is 11.6 Å². The molecule has 25 heavy (non-hydrogen) atoms. The molecular formula is C19H20ClN3O2. The Hall–Kier alpha value is -2.53. The van der Waals surface area contributed by atoms with Crippen molar-refractivity contribution < 1.29 is 9.90 Å². The quantitative estimate of drug-likeness (QED) is 0.743. The first-order valence-corrected chi connectivity index (χ1v) is 8.47. The molecule has 0 saturated carbocycles. The van der Waals surface area contributed by atoms with E-state index in [1.807, 2.05) is 16.8 Å². The van der Waals surface area contributed by atoms with Gasteiger partial charge in [0, 0.05) is 29.7 Å². The number of carboxylic acids is 1. The smallest absolute Gasteiger partial charge is 0.335 e. The van der Waals surface area contributed by atoms with Gasteiger partial charge in [0.05, 0.1) is 23.8 Å². The molecule has 0 aliphatic carbocycles. The van der Waals surface area contributed by atoms with Gasteiger partial charge < -0.3 is 10.0 Å². The Morgan fingerprint density at radius 2 is 2.08 bits per heavy atom. The van der Waals surface area contributed by atoms with Crippen LogP contribution in [0.15, 0.2) is 36.5 Å². The number of aromatic carboxylic acids is 1. The van der Waals surface area contributed by atoms with Crippen LogP contribution in [0.25, 0.3) is 10.9 Å². The van der Waals surface area contributed by atoms with Crippen molar-refractivity contribution in [3.05, 3.63) is 58.2 Å². The third-order valence-electron chi connectivity index (χ3n) is 4.41. The average molecular weight is 358 g/mol. The monoisotopic (exact) mass is 357 g/mol. The summed E-state index contributed by atoms with van der Waals surface area (Å²) in [6.45, 7) is 5.61. The van der Waals surface area contributed by atoms with Crippen LogP contribution < -0.4 is 4.90 Å². The molecule has 130 valence electrons. The van der Waals surface area contributed by atoms with E-state index in [1.54, 1.807) is 24.4 Å². The van der Waals surface area contributed by atoms with Gasteiger partial charge in [0.15, 0.2) is 0 Å². The van der Waals surface area contributed by atoms with Gasteiger partial charge in [0.25, 0.3) is 0 Å². The van der Waals surface area contributed by atoms with Gasteiger partial charge in [0.1, 0.15) is 0 Å². The van der Waals surface area contributed by atoms with E-state index in [2.05, 4.69) is 30.9 Å². The first-order chi connectivity index (χ1) is 11.9. The molecule has 0 atom stereocenters. The molecule has 0 spiro atoms. The lowest BCUT2D eigenvalue weighted by atomic mass is 10.1. The van der Waals surface area contributed by atoms with Crippen LogP contribution in [0, 0.1) is 6.92 Å². The predicted octanol–water partition coefficient (Wildman–Crippen LogP) is 4.20. The summed E-state index contributed by atoms with van der Waals surface area (Å²) in [7, 11) is 2.06. The molecule has 3 aromatic rings. The summed E-state index contributed by atoms with van der Waals surface area (Å²) in [5, 5.41) is 15.1. The number of hydrogen-bond donors (Lipinski definition) is 1. The van der Waals surface area contributed by atoms with Gasteiger partial charge in [-0.25, -0.2) is 4.79 Å². The molecule has 1 N–H and O–H groups in total. The first-order valence-electron chi connectivity index (χ1n) is 8.09. The van der Waals surface area contributed by atoms with Crippen LogP contribution in [-0.4, -0.2) is 34.4 Å². The highest BCUT2D eigenvalue weighted by Gasteiger charge is 2.14. The Morgan fingerprint density at radius 1 is 1.32 bits per heavy atom. The summed E-state index contributed by atoms with van der Waals surface area (Å²) in [6.07, 6.45) is 1.70. The molecule has 1 aromatic heterocycles. The van der Waals surface area contributed by atoms with Crippen LogP contribution in [0.2, 0.25) is 5.02 Å². The summed E-state index contributed by atoms with van der Waals surface area (Å²) in [5.41, 5.74) is 4.51. The van der Waals surface area contributed by atoms with Gasteiger partial charge in [-0.05, 0) is 55.3 Å². The van der Waals surface area contributed by atoms with Gasteiger partial charge >= 0.3 is 5.97 Å². The second-order valence-corrected chi connectivity index (χ2v) is 6.56. The summed E-state index contributed by atoms with van der Waals surface area (Å²) in [5.74, 6) is -0.938.